The SMILES string of the molecule is CN(CCCNC(=O)CN1CCN(c2ccc([N+](=O)[O-])cc2)CC1)c1ccccc1. The van der Waals surface area contributed by atoms with Crippen LogP contribution < -0.4 is 15.1 Å². The van der Waals surface area contributed by atoms with Gasteiger partial charge >= 0.3 is 0 Å². The van der Waals surface area contributed by atoms with Crippen LogP contribution in [0.3, 0.4) is 0 Å². The van der Waals surface area contributed by atoms with Gasteiger partial charge in [0.05, 0.1) is 11.5 Å². The second-order valence-electron chi connectivity index (χ2n) is 7.50. The molecule has 2 aromatic rings. The number of nitrogens with one attached hydrogen (secondary N) is 1. The number of anilines is 2. The van der Waals surface area contributed by atoms with Crippen molar-refractivity contribution >= 4 is 23.0 Å². The van der Waals surface area contributed by atoms with Crippen molar-refractivity contribution in [3.05, 3.63) is 64.7 Å². The van der Waals surface area contributed by atoms with E-state index in [1.807, 2.05) is 18.2 Å². The zero-order chi connectivity index (χ0) is 21.3. The largest absolute Gasteiger partial charge is 0.375 e. The van der Waals surface area contributed by atoms with Crippen molar-refractivity contribution in [2.75, 3.05) is 62.7 Å². The maximum absolute atomic E-state index is 12.2. The highest BCUT2D eigenvalue weighted by molar-refractivity contribution is 5.78. The predicted octanol–water partition coefficient (Wildman–Crippen LogP) is 2.36. The summed E-state index contributed by atoms with van der Waals surface area (Å²) in [5.74, 6) is 0.0566. The van der Waals surface area contributed by atoms with Gasteiger partial charge in [-0.05, 0) is 30.7 Å². The summed E-state index contributed by atoms with van der Waals surface area (Å²) in [6.07, 6.45) is 0.894. The van der Waals surface area contributed by atoms with Gasteiger partial charge in [0.25, 0.3) is 5.69 Å². The minimum Gasteiger partial charge on any atom is -0.375 e. The first kappa shape index (κ1) is 21.6. The molecule has 1 fully saturated rings. The third-order valence-corrected chi connectivity index (χ3v) is 5.35. The van der Waals surface area contributed by atoms with Gasteiger partial charge in [0.1, 0.15) is 0 Å². The van der Waals surface area contributed by atoms with E-state index >= 15 is 0 Å². The molecule has 30 heavy (non-hydrogen) atoms. The number of hydrogen-bond donors (Lipinski definition) is 1. The van der Waals surface area contributed by atoms with E-state index in [2.05, 4.69) is 39.2 Å². The minimum atomic E-state index is -0.389. The summed E-state index contributed by atoms with van der Waals surface area (Å²) in [6, 6.07) is 16.8. The molecule has 8 nitrogen and oxygen atoms in total. The summed E-state index contributed by atoms with van der Waals surface area (Å²) >= 11 is 0. The van der Waals surface area contributed by atoms with Crippen molar-refractivity contribution in [3.63, 3.8) is 0 Å². The Morgan fingerprint density at radius 2 is 1.73 bits per heavy atom. The standard InChI is InChI=1S/C22H29N5O3/c1-24(19-6-3-2-4-7-19)13-5-12-23-22(28)18-25-14-16-26(17-15-25)20-8-10-21(11-9-20)27(29)30/h2-4,6-11H,5,12-18H2,1H3,(H,23,28). The molecule has 1 saturated heterocycles. The molecule has 0 atom stereocenters. The number of non-ortho nitro benzene ring substituents is 1. The highest BCUT2D eigenvalue weighted by Crippen LogP contribution is 2.20. The van der Waals surface area contributed by atoms with Gasteiger partial charge in [0.15, 0.2) is 0 Å². The van der Waals surface area contributed by atoms with Crippen LogP contribution in [-0.2, 0) is 4.79 Å². The van der Waals surface area contributed by atoms with E-state index in [1.165, 1.54) is 17.8 Å². The van der Waals surface area contributed by atoms with Crippen LogP contribution in [-0.4, -0.2) is 68.6 Å². The second-order valence-corrected chi connectivity index (χ2v) is 7.50. The quantitative estimate of drug-likeness (QED) is 0.388. The van der Waals surface area contributed by atoms with Crippen LogP contribution in [0.2, 0.25) is 0 Å². The van der Waals surface area contributed by atoms with Crippen molar-refractivity contribution in [2.45, 2.75) is 6.42 Å². The maximum atomic E-state index is 12.2. The van der Waals surface area contributed by atoms with Crippen LogP contribution in [0.15, 0.2) is 54.6 Å². The Morgan fingerprint density at radius 1 is 1.07 bits per heavy atom. The number of hydrogen-bond acceptors (Lipinski definition) is 6. The Balaban J connectivity index is 1.32. The highest BCUT2D eigenvalue weighted by atomic mass is 16.6. The van der Waals surface area contributed by atoms with Gasteiger partial charge in [-0.25, -0.2) is 0 Å². The molecule has 0 saturated carbocycles. The molecule has 160 valence electrons. The Labute approximate surface area is 177 Å². The Morgan fingerprint density at radius 3 is 2.37 bits per heavy atom. The Hall–Kier alpha value is -3.13. The molecule has 0 aromatic heterocycles. The number of nitro groups is 1. The molecule has 0 spiro atoms. The first-order valence-electron chi connectivity index (χ1n) is 10.3. The molecule has 1 amide bonds. The first-order valence-corrected chi connectivity index (χ1v) is 10.3. The average Bonchev–Trinajstić information content (AvgIpc) is 2.78. The number of nitro benzene ring substituents is 1. The van der Waals surface area contributed by atoms with E-state index in [9.17, 15) is 14.9 Å². The molecule has 1 aliphatic rings. The zero-order valence-electron chi connectivity index (χ0n) is 17.4. The van der Waals surface area contributed by atoms with E-state index in [1.54, 1.807) is 12.1 Å². The van der Waals surface area contributed by atoms with Crippen molar-refractivity contribution in [2.24, 2.45) is 0 Å². The number of piperazine rings is 1. The molecule has 0 bridgehead atoms. The lowest BCUT2D eigenvalue weighted by atomic mass is 10.2. The Kier molecular flexibility index (Phi) is 7.62. The van der Waals surface area contributed by atoms with Crippen LogP contribution in [0.25, 0.3) is 0 Å². The van der Waals surface area contributed by atoms with E-state index in [4.69, 9.17) is 0 Å². The molecule has 0 radical (unpaired) electrons. The van der Waals surface area contributed by atoms with Gasteiger partial charge in [0.2, 0.25) is 5.91 Å². The molecular formula is C22H29N5O3. The molecule has 0 aliphatic carbocycles. The lowest BCUT2D eigenvalue weighted by Crippen LogP contribution is -2.49. The van der Waals surface area contributed by atoms with Crippen LogP contribution in [0.4, 0.5) is 17.1 Å². The second kappa shape index (κ2) is 10.6. The van der Waals surface area contributed by atoms with E-state index in [-0.39, 0.29) is 16.5 Å². The number of rotatable bonds is 9. The number of benzene rings is 2. The van der Waals surface area contributed by atoms with Gasteiger partial charge in [0, 0.05) is 69.8 Å². The summed E-state index contributed by atoms with van der Waals surface area (Å²) < 4.78 is 0. The fraction of sp³-hybridized carbons (Fsp3) is 0.409. The molecule has 0 unspecified atom stereocenters. The molecule has 1 heterocycles. The van der Waals surface area contributed by atoms with Gasteiger partial charge in [-0.3, -0.25) is 19.8 Å². The third kappa shape index (κ3) is 6.18. The van der Waals surface area contributed by atoms with E-state index < -0.39 is 0 Å². The van der Waals surface area contributed by atoms with Crippen LogP contribution >= 0.6 is 0 Å². The number of amides is 1. The van der Waals surface area contributed by atoms with Crippen molar-refractivity contribution in [1.29, 1.82) is 0 Å². The topological polar surface area (TPSA) is 82.0 Å². The van der Waals surface area contributed by atoms with Gasteiger partial charge < -0.3 is 15.1 Å². The van der Waals surface area contributed by atoms with Gasteiger partial charge in [-0.2, -0.15) is 0 Å². The predicted molar refractivity (Wildman–Crippen MR) is 119 cm³/mol. The molecule has 1 N–H and O–H groups in total. The van der Waals surface area contributed by atoms with Crippen LogP contribution in [0, 0.1) is 10.1 Å². The molecule has 3 rings (SSSR count). The Bertz CT molecular complexity index is 820. The van der Waals surface area contributed by atoms with Crippen molar-refractivity contribution in [3.8, 4) is 0 Å². The van der Waals surface area contributed by atoms with Crippen LogP contribution in [0.5, 0.6) is 0 Å². The first-order chi connectivity index (χ1) is 14.5. The van der Waals surface area contributed by atoms with E-state index in [0.29, 0.717) is 13.1 Å². The maximum Gasteiger partial charge on any atom is 0.269 e. The van der Waals surface area contributed by atoms with Crippen molar-refractivity contribution in [1.82, 2.24) is 10.2 Å². The van der Waals surface area contributed by atoms with E-state index in [0.717, 1.165) is 44.8 Å². The molecule has 8 heteroatoms. The number of nitrogens with zero attached hydrogens (tertiary/aromatic N) is 4. The molecular weight excluding hydrogens is 382 g/mol. The number of carbonyl (C=O) groups excluding carboxylic acids is 1. The average molecular weight is 412 g/mol. The fourth-order valence-corrected chi connectivity index (χ4v) is 3.56. The summed E-state index contributed by atoms with van der Waals surface area (Å²) in [7, 11) is 2.06. The summed E-state index contributed by atoms with van der Waals surface area (Å²) in [4.78, 5) is 29.1. The van der Waals surface area contributed by atoms with Crippen molar-refractivity contribution < 1.29 is 9.72 Å². The smallest absolute Gasteiger partial charge is 0.269 e. The van der Waals surface area contributed by atoms with Gasteiger partial charge in [-0.1, -0.05) is 18.2 Å². The number of carbonyl (C=O) groups is 1. The molecule has 2 aromatic carbocycles. The zero-order valence-corrected chi connectivity index (χ0v) is 17.4. The summed E-state index contributed by atoms with van der Waals surface area (Å²) in [5.41, 5.74) is 2.26. The van der Waals surface area contributed by atoms with Gasteiger partial charge in [-0.15, -0.1) is 0 Å². The molecule has 1 aliphatic heterocycles. The normalized spacial score (nSPS) is 14.4. The lowest BCUT2D eigenvalue weighted by Gasteiger charge is -2.35. The summed E-state index contributed by atoms with van der Waals surface area (Å²) in [6.45, 7) is 5.14. The fourth-order valence-electron chi connectivity index (χ4n) is 3.56. The summed E-state index contributed by atoms with van der Waals surface area (Å²) in [5, 5.41) is 13.8. The lowest BCUT2D eigenvalue weighted by molar-refractivity contribution is -0.384. The minimum absolute atomic E-state index is 0.0566. The highest BCUT2D eigenvalue weighted by Gasteiger charge is 2.19. The van der Waals surface area contributed by atoms with Crippen LogP contribution in [0.1, 0.15) is 6.42 Å². The third-order valence-electron chi connectivity index (χ3n) is 5.35. The monoisotopic (exact) mass is 411 g/mol. The number of para-hydroxylation sites is 1.